The lowest BCUT2D eigenvalue weighted by Crippen LogP contribution is -2.54. The Morgan fingerprint density at radius 3 is 2.61 bits per heavy atom. The zero-order valence-corrected chi connectivity index (χ0v) is 18.8. The Morgan fingerprint density at radius 2 is 1.97 bits per heavy atom. The van der Waals surface area contributed by atoms with Crippen LogP contribution in [0.3, 0.4) is 0 Å². The maximum atomic E-state index is 13.0. The van der Waals surface area contributed by atoms with Gasteiger partial charge < -0.3 is 10.0 Å². The van der Waals surface area contributed by atoms with Gasteiger partial charge in [0.25, 0.3) is 5.91 Å². The van der Waals surface area contributed by atoms with Crippen molar-refractivity contribution in [1.29, 1.82) is 5.26 Å². The highest BCUT2D eigenvalue weighted by Gasteiger charge is 2.36. The summed E-state index contributed by atoms with van der Waals surface area (Å²) in [5, 5.41) is 24.1. The topological polar surface area (TPSA) is 98.3 Å². The van der Waals surface area contributed by atoms with Crippen LogP contribution in [0.5, 0.6) is 5.88 Å². The fourth-order valence-electron chi connectivity index (χ4n) is 4.66. The van der Waals surface area contributed by atoms with E-state index in [2.05, 4.69) is 28.0 Å². The van der Waals surface area contributed by atoms with Gasteiger partial charge in [0, 0.05) is 37.9 Å². The van der Waals surface area contributed by atoms with E-state index >= 15 is 0 Å². The van der Waals surface area contributed by atoms with Gasteiger partial charge in [0.05, 0.1) is 29.0 Å². The zero-order chi connectivity index (χ0) is 23.1. The first-order valence-corrected chi connectivity index (χ1v) is 11.3. The van der Waals surface area contributed by atoms with Crippen LogP contribution in [0.4, 0.5) is 0 Å². The quantitative estimate of drug-likeness (QED) is 0.667. The fourth-order valence-corrected chi connectivity index (χ4v) is 4.66. The number of nitrogens with zero attached hydrogens (tertiary/aromatic N) is 6. The maximum absolute atomic E-state index is 13.0. The second-order valence-corrected chi connectivity index (χ2v) is 8.91. The molecule has 0 bridgehead atoms. The van der Waals surface area contributed by atoms with Crippen molar-refractivity contribution in [3.63, 3.8) is 0 Å². The van der Waals surface area contributed by atoms with Gasteiger partial charge in [-0.3, -0.25) is 9.69 Å². The molecular weight excluding hydrogens is 416 g/mol. The van der Waals surface area contributed by atoms with Crippen molar-refractivity contribution >= 4 is 5.91 Å². The van der Waals surface area contributed by atoms with Gasteiger partial charge >= 0.3 is 0 Å². The Balaban J connectivity index is 1.33. The third-order valence-electron chi connectivity index (χ3n) is 6.58. The van der Waals surface area contributed by atoms with E-state index in [1.54, 1.807) is 42.7 Å². The van der Waals surface area contributed by atoms with Crippen molar-refractivity contribution in [2.45, 2.75) is 38.8 Å². The summed E-state index contributed by atoms with van der Waals surface area (Å²) in [6.07, 6.45) is 5.67. The van der Waals surface area contributed by atoms with Crippen LogP contribution in [0.15, 0.2) is 42.7 Å². The van der Waals surface area contributed by atoms with Crippen LogP contribution >= 0.6 is 0 Å². The van der Waals surface area contributed by atoms with Gasteiger partial charge in [-0.05, 0) is 62.1 Å². The van der Waals surface area contributed by atoms with Crippen molar-refractivity contribution in [3.05, 3.63) is 59.4 Å². The van der Waals surface area contributed by atoms with Gasteiger partial charge in [-0.2, -0.15) is 15.0 Å². The van der Waals surface area contributed by atoms with E-state index in [0.29, 0.717) is 34.6 Å². The van der Waals surface area contributed by atoms with Crippen LogP contribution in [0.1, 0.15) is 41.3 Å². The standard InChI is InChI=1S/C25H26N6O2/c1-16-11-18(12-26)3-7-21(16)22-14-28-31(25(22)33)23-8-4-19(13-27-23)24(32)29-9-10-30(17(2)15-29)20-5-6-20/h3-4,7-8,11,13-14,17,20,33H,5-6,9-10,15H2,1-2H3. The number of aromatic hydroxyl groups is 1. The molecule has 8 heteroatoms. The van der Waals surface area contributed by atoms with Gasteiger partial charge in [-0.15, -0.1) is 0 Å². The highest BCUT2D eigenvalue weighted by molar-refractivity contribution is 5.94. The van der Waals surface area contributed by atoms with Crippen molar-refractivity contribution in [2.75, 3.05) is 19.6 Å². The van der Waals surface area contributed by atoms with Crippen LogP contribution in [0.2, 0.25) is 0 Å². The SMILES string of the molecule is Cc1cc(C#N)ccc1-c1cnn(-c2ccc(C(=O)N3CCN(C4CC4)C(C)C3)cn2)c1O. The summed E-state index contributed by atoms with van der Waals surface area (Å²) in [7, 11) is 0. The Hall–Kier alpha value is -3.70. The van der Waals surface area contributed by atoms with E-state index in [4.69, 9.17) is 5.26 Å². The molecule has 1 aliphatic heterocycles. The molecule has 0 radical (unpaired) electrons. The summed E-state index contributed by atoms with van der Waals surface area (Å²) in [4.78, 5) is 21.8. The number of piperazine rings is 1. The molecule has 33 heavy (non-hydrogen) atoms. The lowest BCUT2D eigenvalue weighted by molar-refractivity contribution is 0.0493. The number of carbonyl (C=O) groups is 1. The number of benzene rings is 1. The molecule has 1 atom stereocenters. The molecule has 1 saturated carbocycles. The van der Waals surface area contributed by atoms with Crippen LogP contribution in [-0.2, 0) is 0 Å². The number of nitriles is 1. The minimum Gasteiger partial charge on any atom is -0.493 e. The number of aromatic nitrogens is 3. The van der Waals surface area contributed by atoms with Crippen molar-refractivity contribution in [3.8, 4) is 28.9 Å². The molecule has 2 fully saturated rings. The van der Waals surface area contributed by atoms with Crippen LogP contribution < -0.4 is 0 Å². The van der Waals surface area contributed by atoms with Gasteiger partial charge in [-0.25, -0.2) is 4.98 Å². The summed E-state index contributed by atoms with van der Waals surface area (Å²) in [6, 6.07) is 11.9. The van der Waals surface area contributed by atoms with E-state index in [9.17, 15) is 9.90 Å². The van der Waals surface area contributed by atoms with E-state index in [1.807, 2.05) is 11.8 Å². The number of pyridine rings is 1. The predicted molar refractivity (Wildman–Crippen MR) is 123 cm³/mol. The molecule has 3 heterocycles. The summed E-state index contributed by atoms with van der Waals surface area (Å²) in [5.74, 6) is 0.364. The number of aryl methyl sites for hydroxylation is 1. The number of amides is 1. The summed E-state index contributed by atoms with van der Waals surface area (Å²) in [6.45, 7) is 6.45. The maximum Gasteiger partial charge on any atom is 0.255 e. The number of hydrogen-bond donors (Lipinski definition) is 1. The summed E-state index contributed by atoms with van der Waals surface area (Å²) in [5.41, 5.74) is 3.31. The molecule has 5 rings (SSSR count). The summed E-state index contributed by atoms with van der Waals surface area (Å²) >= 11 is 0. The largest absolute Gasteiger partial charge is 0.493 e. The molecule has 1 N–H and O–H groups in total. The first kappa shape index (κ1) is 21.2. The molecule has 1 unspecified atom stereocenters. The molecule has 8 nitrogen and oxygen atoms in total. The first-order chi connectivity index (χ1) is 16.0. The molecular formula is C25H26N6O2. The van der Waals surface area contributed by atoms with E-state index in [1.165, 1.54) is 17.5 Å². The fraction of sp³-hybridized carbons (Fsp3) is 0.360. The molecule has 3 aromatic rings. The molecule has 0 spiro atoms. The van der Waals surface area contributed by atoms with E-state index < -0.39 is 0 Å². The Kier molecular flexibility index (Phi) is 5.35. The van der Waals surface area contributed by atoms with Crippen molar-refractivity contribution in [1.82, 2.24) is 24.6 Å². The molecule has 1 aromatic carbocycles. The molecule has 168 valence electrons. The number of carbonyl (C=O) groups excluding carboxylic acids is 1. The van der Waals surface area contributed by atoms with Gasteiger partial charge in [-0.1, -0.05) is 6.07 Å². The van der Waals surface area contributed by atoms with Crippen LogP contribution in [0, 0.1) is 18.3 Å². The minimum absolute atomic E-state index is 0.0186. The molecule has 1 saturated heterocycles. The summed E-state index contributed by atoms with van der Waals surface area (Å²) < 4.78 is 1.34. The van der Waals surface area contributed by atoms with Gasteiger partial charge in [0.1, 0.15) is 0 Å². The normalized spacial score (nSPS) is 18.8. The third kappa shape index (κ3) is 3.96. The Morgan fingerprint density at radius 1 is 1.15 bits per heavy atom. The number of rotatable bonds is 4. The average molecular weight is 443 g/mol. The van der Waals surface area contributed by atoms with E-state index in [-0.39, 0.29) is 11.8 Å². The van der Waals surface area contributed by atoms with E-state index in [0.717, 1.165) is 30.8 Å². The lowest BCUT2D eigenvalue weighted by atomic mass is 10.0. The minimum atomic E-state index is -0.0422. The third-order valence-corrected chi connectivity index (χ3v) is 6.58. The Bertz CT molecular complexity index is 1240. The number of hydrogen-bond acceptors (Lipinski definition) is 6. The first-order valence-electron chi connectivity index (χ1n) is 11.3. The van der Waals surface area contributed by atoms with Crippen molar-refractivity contribution < 1.29 is 9.90 Å². The van der Waals surface area contributed by atoms with Crippen LogP contribution in [0.25, 0.3) is 16.9 Å². The molecule has 1 amide bonds. The van der Waals surface area contributed by atoms with Gasteiger partial charge in [0.2, 0.25) is 5.88 Å². The monoisotopic (exact) mass is 442 g/mol. The van der Waals surface area contributed by atoms with Crippen molar-refractivity contribution in [2.24, 2.45) is 0 Å². The van der Waals surface area contributed by atoms with Gasteiger partial charge in [0.15, 0.2) is 5.82 Å². The second-order valence-electron chi connectivity index (χ2n) is 8.91. The predicted octanol–water partition coefficient (Wildman–Crippen LogP) is 3.13. The highest BCUT2D eigenvalue weighted by atomic mass is 16.3. The average Bonchev–Trinajstić information content (AvgIpc) is 3.60. The van der Waals surface area contributed by atoms with Crippen LogP contribution in [-0.4, -0.2) is 67.3 Å². The smallest absolute Gasteiger partial charge is 0.255 e. The highest BCUT2D eigenvalue weighted by Crippen LogP contribution is 2.33. The lowest BCUT2D eigenvalue weighted by Gasteiger charge is -2.40. The second kappa shape index (κ2) is 8.34. The zero-order valence-electron chi connectivity index (χ0n) is 18.8. The molecule has 1 aliphatic carbocycles. The molecule has 2 aliphatic rings. The Labute approximate surface area is 192 Å². The molecule has 2 aromatic heterocycles.